The Morgan fingerprint density at radius 3 is 2.96 bits per heavy atom. The molecule has 0 unspecified atom stereocenters. The summed E-state index contributed by atoms with van der Waals surface area (Å²) in [6.07, 6.45) is 2.90. The van der Waals surface area contributed by atoms with Crippen molar-refractivity contribution < 1.29 is 9.53 Å². The Bertz CT molecular complexity index is 686. The highest BCUT2D eigenvalue weighted by atomic mass is 16.5. The van der Waals surface area contributed by atoms with Crippen molar-refractivity contribution >= 4 is 6.03 Å². The zero-order valence-corrected chi connectivity index (χ0v) is 14.6. The smallest absolute Gasteiger partial charge is 0.315 e. The van der Waals surface area contributed by atoms with Gasteiger partial charge < -0.3 is 19.9 Å². The molecule has 25 heavy (non-hydrogen) atoms. The Labute approximate surface area is 147 Å². The Morgan fingerprint density at radius 1 is 1.28 bits per heavy atom. The van der Waals surface area contributed by atoms with Gasteiger partial charge in [0.15, 0.2) is 5.82 Å². The second-order valence-electron chi connectivity index (χ2n) is 6.17. The number of carbonyl (C=O) groups is 1. The van der Waals surface area contributed by atoms with E-state index in [1.165, 1.54) is 0 Å². The van der Waals surface area contributed by atoms with Crippen LogP contribution in [0.3, 0.4) is 0 Å². The maximum atomic E-state index is 11.8. The largest absolute Gasteiger partial charge is 0.374 e. The van der Waals surface area contributed by atoms with E-state index in [4.69, 9.17) is 4.74 Å². The third kappa shape index (κ3) is 4.79. The van der Waals surface area contributed by atoms with E-state index in [-0.39, 0.29) is 12.1 Å². The van der Waals surface area contributed by atoms with Gasteiger partial charge in [0, 0.05) is 26.1 Å². The molecule has 3 rings (SSSR count). The van der Waals surface area contributed by atoms with Gasteiger partial charge in [-0.1, -0.05) is 30.3 Å². The van der Waals surface area contributed by atoms with Crippen molar-refractivity contribution in [1.82, 2.24) is 25.4 Å². The first-order valence-electron chi connectivity index (χ1n) is 8.83. The average Bonchev–Trinajstić information content (AvgIpc) is 3.24. The number of rotatable bonds is 8. The van der Waals surface area contributed by atoms with Crippen LogP contribution < -0.4 is 10.6 Å². The van der Waals surface area contributed by atoms with E-state index in [1.54, 1.807) is 0 Å². The summed E-state index contributed by atoms with van der Waals surface area (Å²) in [7, 11) is 0. The molecule has 0 bridgehead atoms. The van der Waals surface area contributed by atoms with Crippen molar-refractivity contribution in [3.63, 3.8) is 0 Å². The molecule has 0 spiro atoms. The minimum atomic E-state index is -0.188. The summed E-state index contributed by atoms with van der Waals surface area (Å²) in [5.74, 6) is 1.84. The Kier molecular flexibility index (Phi) is 6.00. The van der Waals surface area contributed by atoms with E-state index in [1.807, 2.05) is 25.1 Å². The van der Waals surface area contributed by atoms with Gasteiger partial charge in [0.05, 0.1) is 12.6 Å². The van der Waals surface area contributed by atoms with Crippen molar-refractivity contribution in [2.75, 3.05) is 13.2 Å². The minimum absolute atomic E-state index is 0.0602. The first-order chi connectivity index (χ1) is 12.2. The molecule has 7 heteroatoms. The van der Waals surface area contributed by atoms with Crippen molar-refractivity contribution in [3.05, 3.63) is 47.5 Å². The summed E-state index contributed by atoms with van der Waals surface area (Å²) in [6.45, 7) is 4.56. The molecule has 134 valence electrons. The van der Waals surface area contributed by atoms with Crippen LogP contribution in [-0.2, 0) is 24.2 Å². The predicted octanol–water partition coefficient (Wildman–Crippen LogP) is 2.19. The van der Waals surface area contributed by atoms with E-state index in [0.29, 0.717) is 19.7 Å². The van der Waals surface area contributed by atoms with Crippen molar-refractivity contribution in [2.45, 2.75) is 45.4 Å². The van der Waals surface area contributed by atoms with Gasteiger partial charge in [-0.3, -0.25) is 0 Å². The van der Waals surface area contributed by atoms with Gasteiger partial charge >= 0.3 is 6.03 Å². The summed E-state index contributed by atoms with van der Waals surface area (Å²) in [6, 6.07) is 9.92. The fourth-order valence-electron chi connectivity index (χ4n) is 2.92. The highest BCUT2D eigenvalue weighted by molar-refractivity contribution is 5.73. The fourth-order valence-corrected chi connectivity index (χ4v) is 2.92. The Morgan fingerprint density at radius 2 is 2.12 bits per heavy atom. The first-order valence-corrected chi connectivity index (χ1v) is 8.83. The van der Waals surface area contributed by atoms with E-state index in [0.717, 1.165) is 43.0 Å². The van der Waals surface area contributed by atoms with E-state index in [2.05, 4.69) is 37.5 Å². The highest BCUT2D eigenvalue weighted by Crippen LogP contribution is 2.15. The highest BCUT2D eigenvalue weighted by Gasteiger charge is 2.17. The van der Waals surface area contributed by atoms with Gasteiger partial charge in [-0.05, 0) is 25.3 Å². The summed E-state index contributed by atoms with van der Waals surface area (Å²) >= 11 is 0. The molecule has 0 radical (unpaired) electrons. The molecule has 0 fully saturated rings. The molecule has 0 saturated heterocycles. The number of nitrogens with one attached hydrogen (secondary N) is 2. The molecule has 2 heterocycles. The molecule has 1 aromatic carbocycles. The first kappa shape index (κ1) is 17.4. The lowest BCUT2D eigenvalue weighted by Gasteiger charge is -2.13. The fraction of sp³-hybridized carbons (Fsp3) is 0.500. The van der Waals surface area contributed by atoms with Crippen LogP contribution in [0.15, 0.2) is 30.3 Å². The maximum absolute atomic E-state index is 11.8. The van der Waals surface area contributed by atoms with Gasteiger partial charge in [0.25, 0.3) is 0 Å². The molecule has 1 aliphatic rings. The normalized spacial score (nSPS) is 14.1. The van der Waals surface area contributed by atoms with Gasteiger partial charge in [0.1, 0.15) is 5.82 Å². The summed E-state index contributed by atoms with van der Waals surface area (Å²) < 4.78 is 7.87. The molecular weight excluding hydrogens is 318 g/mol. The molecule has 1 aromatic heterocycles. The molecule has 1 atom stereocenters. The van der Waals surface area contributed by atoms with E-state index >= 15 is 0 Å². The van der Waals surface area contributed by atoms with Gasteiger partial charge in [-0.25, -0.2) is 4.79 Å². The van der Waals surface area contributed by atoms with Crippen LogP contribution in [0.1, 0.15) is 43.1 Å². The summed E-state index contributed by atoms with van der Waals surface area (Å²) in [5, 5.41) is 13.9. The number of amides is 2. The monoisotopic (exact) mass is 343 g/mol. The van der Waals surface area contributed by atoms with Crippen LogP contribution in [0.4, 0.5) is 4.79 Å². The van der Waals surface area contributed by atoms with Gasteiger partial charge in [0.2, 0.25) is 0 Å². The number of aromatic nitrogens is 3. The molecular formula is C18H25N5O2. The van der Waals surface area contributed by atoms with Crippen LogP contribution >= 0.6 is 0 Å². The van der Waals surface area contributed by atoms with Crippen LogP contribution in [0, 0.1) is 0 Å². The van der Waals surface area contributed by atoms with Crippen molar-refractivity contribution in [3.8, 4) is 0 Å². The topological polar surface area (TPSA) is 81.1 Å². The van der Waals surface area contributed by atoms with Crippen LogP contribution in [0.2, 0.25) is 0 Å². The predicted molar refractivity (Wildman–Crippen MR) is 94.0 cm³/mol. The number of aryl methyl sites for hydroxylation is 1. The second kappa shape index (κ2) is 8.62. The average molecular weight is 343 g/mol. The molecule has 1 aliphatic heterocycles. The molecule has 2 aromatic rings. The van der Waals surface area contributed by atoms with Crippen LogP contribution in [-0.4, -0.2) is 33.9 Å². The zero-order chi connectivity index (χ0) is 17.5. The van der Waals surface area contributed by atoms with Gasteiger partial charge in [-0.2, -0.15) is 0 Å². The quantitative estimate of drug-likeness (QED) is 0.720. The molecule has 0 aliphatic carbocycles. The number of urea groups is 1. The molecule has 7 nitrogen and oxygen atoms in total. The van der Waals surface area contributed by atoms with E-state index < -0.39 is 0 Å². The number of hydrogen-bond donors (Lipinski definition) is 2. The van der Waals surface area contributed by atoms with Crippen LogP contribution in [0.5, 0.6) is 0 Å². The van der Waals surface area contributed by atoms with Gasteiger partial charge in [-0.15, -0.1) is 10.2 Å². The SMILES string of the molecule is C[C@@H](OCCCNC(=O)NCc1nnc2n1CCC2)c1ccccc1. The zero-order valence-electron chi connectivity index (χ0n) is 14.6. The molecule has 0 saturated carbocycles. The third-order valence-corrected chi connectivity index (χ3v) is 4.34. The molecule has 2 amide bonds. The number of nitrogens with zero attached hydrogens (tertiary/aromatic N) is 3. The Hall–Kier alpha value is -2.41. The lowest BCUT2D eigenvalue weighted by molar-refractivity contribution is 0.0644. The summed E-state index contributed by atoms with van der Waals surface area (Å²) in [4.78, 5) is 11.8. The lowest BCUT2D eigenvalue weighted by atomic mass is 10.1. The van der Waals surface area contributed by atoms with Crippen molar-refractivity contribution in [2.24, 2.45) is 0 Å². The van der Waals surface area contributed by atoms with Crippen molar-refractivity contribution in [1.29, 1.82) is 0 Å². The number of hydrogen-bond acceptors (Lipinski definition) is 4. The Balaban J connectivity index is 1.28. The standard InChI is InChI=1S/C18H25N5O2/c1-14(15-7-3-2-4-8-15)25-12-6-10-19-18(24)20-13-17-22-21-16-9-5-11-23(16)17/h2-4,7-8,14H,5-6,9-13H2,1H3,(H2,19,20,24)/t14-/m1/s1. The number of benzene rings is 1. The number of ether oxygens (including phenoxy) is 1. The van der Waals surface area contributed by atoms with E-state index in [9.17, 15) is 4.79 Å². The third-order valence-electron chi connectivity index (χ3n) is 4.34. The summed E-state index contributed by atoms with van der Waals surface area (Å²) in [5.41, 5.74) is 1.16. The second-order valence-corrected chi connectivity index (χ2v) is 6.17. The lowest BCUT2D eigenvalue weighted by Crippen LogP contribution is -2.36. The van der Waals surface area contributed by atoms with Crippen LogP contribution in [0.25, 0.3) is 0 Å². The maximum Gasteiger partial charge on any atom is 0.315 e. The molecule has 2 N–H and O–H groups in total. The number of carbonyl (C=O) groups excluding carboxylic acids is 1. The number of fused-ring (bicyclic) bond motifs is 1. The minimum Gasteiger partial charge on any atom is -0.374 e.